The zero-order valence-corrected chi connectivity index (χ0v) is 25.1. The van der Waals surface area contributed by atoms with Gasteiger partial charge in [-0.25, -0.2) is 4.98 Å². The smallest absolute Gasteiger partial charge is 0.433 e. The summed E-state index contributed by atoms with van der Waals surface area (Å²) in [6.45, 7) is 8.88. The Morgan fingerprint density at radius 1 is 1.12 bits per heavy atom. The number of rotatable bonds is 7. The molecule has 0 aromatic carbocycles. The monoisotopic (exact) mass is 608 g/mol. The third-order valence-corrected chi connectivity index (χ3v) is 10.4. The largest absolute Gasteiger partial charge is 0.481 e. The highest BCUT2D eigenvalue weighted by Gasteiger charge is 2.63. The number of fused-ring (bicyclic) bond motifs is 1. The summed E-state index contributed by atoms with van der Waals surface area (Å²) >= 11 is 6.32. The normalized spacial score (nSPS) is 28.3. The average Bonchev–Trinajstić information content (AvgIpc) is 3.30. The van der Waals surface area contributed by atoms with E-state index < -0.39 is 59.1 Å². The van der Waals surface area contributed by atoms with E-state index in [1.807, 2.05) is 0 Å². The van der Waals surface area contributed by atoms with Gasteiger partial charge in [-0.2, -0.15) is 18.3 Å². The molecule has 2 aromatic rings. The third-order valence-electron chi connectivity index (χ3n) is 10.2. The van der Waals surface area contributed by atoms with Crippen LogP contribution in [0.15, 0.2) is 12.3 Å². The Labute approximate surface area is 247 Å². The van der Waals surface area contributed by atoms with Gasteiger partial charge in [-0.15, -0.1) is 0 Å². The second-order valence-corrected chi connectivity index (χ2v) is 13.6. The molecule has 228 valence electrons. The van der Waals surface area contributed by atoms with Crippen LogP contribution in [-0.4, -0.2) is 55.0 Å². The molecule has 1 amide bonds. The van der Waals surface area contributed by atoms with Crippen molar-refractivity contribution >= 4 is 29.3 Å². The molecule has 0 aliphatic heterocycles. The minimum Gasteiger partial charge on any atom is -0.481 e. The predicted octanol–water partition coefficient (Wildman–Crippen LogP) is 6.53. The first-order valence-corrected chi connectivity index (χ1v) is 14.7. The summed E-state index contributed by atoms with van der Waals surface area (Å²) in [5.41, 5.74) is -1.33. The average molecular weight is 609 g/mol. The molecule has 0 spiro atoms. The van der Waals surface area contributed by atoms with E-state index in [-0.39, 0.29) is 41.8 Å². The minimum atomic E-state index is -4.90. The lowest BCUT2D eigenvalue weighted by Gasteiger charge is -2.35. The van der Waals surface area contributed by atoms with Crippen LogP contribution in [0.4, 0.5) is 13.2 Å². The number of carbonyl (C=O) groups is 3. The summed E-state index contributed by atoms with van der Waals surface area (Å²) in [7, 11) is 0. The molecule has 3 fully saturated rings. The Morgan fingerprint density at radius 3 is 2.24 bits per heavy atom. The number of hydrogen-bond donors (Lipinski definition) is 1. The van der Waals surface area contributed by atoms with E-state index in [4.69, 9.17) is 11.6 Å². The summed E-state index contributed by atoms with van der Waals surface area (Å²) < 4.78 is 44.6. The summed E-state index contributed by atoms with van der Waals surface area (Å²) in [4.78, 5) is 44.7. The summed E-state index contributed by atoms with van der Waals surface area (Å²) in [5.74, 6) is -1.71. The predicted molar refractivity (Wildman–Crippen MR) is 148 cm³/mol. The number of aryl methyl sites for hydroxylation is 2. The highest BCUT2D eigenvalue weighted by molar-refractivity contribution is 6.33. The maximum Gasteiger partial charge on any atom is 0.433 e. The number of carboxylic acids is 1. The van der Waals surface area contributed by atoms with Gasteiger partial charge >= 0.3 is 12.1 Å². The molecule has 12 heteroatoms. The molecule has 3 aliphatic rings. The number of amides is 1. The van der Waals surface area contributed by atoms with Crippen molar-refractivity contribution in [1.82, 2.24) is 19.7 Å². The fourth-order valence-corrected chi connectivity index (χ4v) is 7.78. The third kappa shape index (κ3) is 5.22. The van der Waals surface area contributed by atoms with Crippen LogP contribution in [0.1, 0.15) is 103 Å². The number of aromatic nitrogens is 3. The number of pyridine rings is 1. The van der Waals surface area contributed by atoms with E-state index in [2.05, 4.69) is 23.9 Å². The zero-order chi connectivity index (χ0) is 30.9. The number of ketones is 1. The molecular weight excluding hydrogens is 573 g/mol. The number of carboxylic acid groups (broad SMARTS) is 1. The van der Waals surface area contributed by atoms with Crippen molar-refractivity contribution < 1.29 is 32.7 Å². The fraction of sp³-hybridized carbons (Fsp3) is 0.633. The van der Waals surface area contributed by atoms with Crippen LogP contribution in [0, 0.1) is 36.5 Å². The SMILES string of the molecule is Cc1cc(C)c(C(=O)CN(C(=O)c2cnn(C3CCC(C)(C(=O)O)CC3)c2C(F)(F)F)C2CC3C(C2)C3(C)C)c(Cl)n1. The highest BCUT2D eigenvalue weighted by atomic mass is 35.5. The first kappa shape index (κ1) is 30.5. The van der Waals surface area contributed by atoms with Crippen LogP contribution in [0.25, 0.3) is 0 Å². The van der Waals surface area contributed by atoms with Crippen LogP contribution in [0.5, 0.6) is 0 Å². The van der Waals surface area contributed by atoms with E-state index in [0.29, 0.717) is 35.9 Å². The van der Waals surface area contributed by atoms with Crippen molar-refractivity contribution in [3.63, 3.8) is 0 Å². The fourth-order valence-electron chi connectivity index (χ4n) is 7.39. The molecule has 2 atom stereocenters. The van der Waals surface area contributed by atoms with E-state index in [9.17, 15) is 32.7 Å². The summed E-state index contributed by atoms with van der Waals surface area (Å²) in [6.07, 6.45) is -2.00. The molecule has 3 saturated carbocycles. The van der Waals surface area contributed by atoms with Crippen molar-refractivity contribution in [2.75, 3.05) is 6.54 Å². The molecule has 3 aliphatic carbocycles. The van der Waals surface area contributed by atoms with Crippen LogP contribution < -0.4 is 0 Å². The maximum absolute atomic E-state index is 14.6. The van der Waals surface area contributed by atoms with E-state index in [1.54, 1.807) is 26.8 Å². The number of Topliss-reactive ketones (excluding diaryl/α,β-unsaturated/α-hetero) is 1. The van der Waals surface area contributed by atoms with E-state index in [1.165, 1.54) is 4.90 Å². The molecule has 1 N–H and O–H groups in total. The van der Waals surface area contributed by atoms with Crippen LogP contribution in [0.3, 0.4) is 0 Å². The minimum absolute atomic E-state index is 0.00485. The standard InChI is InChI=1S/C30H36ClF3N4O4/c1-15-10-16(2)36-25(31)23(15)22(39)14-37(18-11-20-21(12-18)28(20,3)4)26(40)19-13-35-38(24(19)30(32,33)34)17-6-8-29(5,9-7-17)27(41)42/h10,13,17-18,20-21H,6-9,11-12,14H2,1-5H3,(H,41,42). The van der Waals surface area contributed by atoms with Gasteiger partial charge in [0, 0.05) is 11.7 Å². The highest BCUT2D eigenvalue weighted by Crippen LogP contribution is 2.67. The van der Waals surface area contributed by atoms with Gasteiger partial charge in [-0.05, 0) is 88.2 Å². The summed E-state index contributed by atoms with van der Waals surface area (Å²) in [6, 6.07) is 0.590. The van der Waals surface area contributed by atoms with Gasteiger partial charge in [0.2, 0.25) is 0 Å². The second-order valence-electron chi connectivity index (χ2n) is 13.2. The Hall–Kier alpha value is -2.95. The van der Waals surface area contributed by atoms with E-state index in [0.717, 1.165) is 10.9 Å². The molecule has 0 radical (unpaired) electrons. The molecular formula is C30H36ClF3N4O4. The van der Waals surface area contributed by atoms with Crippen molar-refractivity contribution in [2.45, 2.75) is 91.4 Å². The zero-order valence-electron chi connectivity index (χ0n) is 24.4. The van der Waals surface area contributed by atoms with Crippen LogP contribution >= 0.6 is 11.6 Å². The molecule has 2 unspecified atom stereocenters. The lowest BCUT2D eigenvalue weighted by Crippen LogP contribution is -2.44. The topological polar surface area (TPSA) is 105 Å². The first-order chi connectivity index (χ1) is 19.5. The quantitative estimate of drug-likeness (QED) is 0.283. The van der Waals surface area contributed by atoms with Gasteiger partial charge in [0.15, 0.2) is 11.5 Å². The van der Waals surface area contributed by atoms with Gasteiger partial charge < -0.3 is 10.0 Å². The van der Waals surface area contributed by atoms with Crippen molar-refractivity contribution in [3.05, 3.63) is 45.5 Å². The van der Waals surface area contributed by atoms with Crippen LogP contribution in [-0.2, 0) is 11.0 Å². The molecule has 2 aromatic heterocycles. The van der Waals surface area contributed by atoms with E-state index >= 15 is 0 Å². The maximum atomic E-state index is 14.6. The Morgan fingerprint density at radius 2 is 1.71 bits per heavy atom. The van der Waals surface area contributed by atoms with Crippen molar-refractivity contribution in [2.24, 2.45) is 22.7 Å². The van der Waals surface area contributed by atoms with Gasteiger partial charge in [0.05, 0.1) is 35.3 Å². The lowest BCUT2D eigenvalue weighted by atomic mass is 9.74. The van der Waals surface area contributed by atoms with Crippen LogP contribution in [0.2, 0.25) is 5.15 Å². The lowest BCUT2D eigenvalue weighted by molar-refractivity contribution is -0.152. The molecule has 8 nitrogen and oxygen atoms in total. The number of hydrogen-bond acceptors (Lipinski definition) is 5. The molecule has 0 bridgehead atoms. The number of alkyl halides is 3. The van der Waals surface area contributed by atoms with Gasteiger partial charge in [0.25, 0.3) is 5.91 Å². The molecule has 2 heterocycles. The number of carbonyl (C=O) groups excluding carboxylic acids is 2. The number of nitrogens with zero attached hydrogens (tertiary/aromatic N) is 4. The van der Waals surface area contributed by atoms with Crippen molar-refractivity contribution in [1.29, 1.82) is 0 Å². The molecule has 42 heavy (non-hydrogen) atoms. The Kier molecular flexibility index (Phi) is 7.52. The number of halogens is 4. The van der Waals surface area contributed by atoms with Gasteiger partial charge in [0.1, 0.15) is 5.15 Å². The first-order valence-electron chi connectivity index (χ1n) is 14.3. The number of aliphatic carboxylic acids is 1. The van der Waals surface area contributed by atoms with Gasteiger partial charge in [-0.1, -0.05) is 25.4 Å². The van der Waals surface area contributed by atoms with Gasteiger partial charge in [-0.3, -0.25) is 19.1 Å². The summed E-state index contributed by atoms with van der Waals surface area (Å²) in [5, 5.41) is 13.6. The molecule has 5 rings (SSSR count). The Balaban J connectivity index is 1.48. The second kappa shape index (κ2) is 10.3. The Bertz CT molecular complexity index is 1410. The van der Waals surface area contributed by atoms with Crippen molar-refractivity contribution in [3.8, 4) is 0 Å². The molecule has 0 saturated heterocycles.